The monoisotopic (exact) mass is 428 g/mol. The molecule has 0 bridgehead atoms. The molecular formula is C18H15F3N2O7. The SMILES string of the molecule is COC(=O)c1ccc([N+](=O)[O-])c(OCC(=O)NCc2ccccc2OC(F)(F)F)c1. The number of methoxy groups -OCH3 is 1. The molecule has 9 nitrogen and oxygen atoms in total. The van der Waals surface area contributed by atoms with Crippen LogP contribution in [-0.4, -0.2) is 36.9 Å². The number of alkyl halides is 3. The quantitative estimate of drug-likeness (QED) is 0.390. The van der Waals surface area contributed by atoms with Crippen LogP contribution >= 0.6 is 0 Å². The summed E-state index contributed by atoms with van der Waals surface area (Å²) in [6, 6.07) is 8.44. The Labute approximate surface area is 167 Å². The van der Waals surface area contributed by atoms with Gasteiger partial charge in [0.05, 0.1) is 17.6 Å². The minimum Gasteiger partial charge on any atom is -0.477 e. The molecule has 1 amide bonds. The van der Waals surface area contributed by atoms with E-state index in [0.29, 0.717) is 0 Å². The topological polar surface area (TPSA) is 117 Å². The molecule has 0 aliphatic rings. The van der Waals surface area contributed by atoms with Crippen molar-refractivity contribution in [1.29, 1.82) is 0 Å². The second kappa shape index (κ2) is 9.58. The van der Waals surface area contributed by atoms with Crippen LogP contribution in [0.15, 0.2) is 42.5 Å². The van der Waals surface area contributed by atoms with Crippen molar-refractivity contribution in [3.8, 4) is 11.5 Å². The van der Waals surface area contributed by atoms with E-state index in [0.717, 1.165) is 31.4 Å². The highest BCUT2D eigenvalue weighted by Gasteiger charge is 2.32. The Kier molecular flexibility index (Phi) is 7.17. The first-order chi connectivity index (χ1) is 14.1. The van der Waals surface area contributed by atoms with Crippen LogP contribution in [0.2, 0.25) is 0 Å². The van der Waals surface area contributed by atoms with Gasteiger partial charge in [-0.3, -0.25) is 14.9 Å². The van der Waals surface area contributed by atoms with Crippen LogP contribution in [0.4, 0.5) is 18.9 Å². The number of nitro groups is 1. The third-order valence-corrected chi connectivity index (χ3v) is 3.61. The van der Waals surface area contributed by atoms with E-state index < -0.39 is 41.2 Å². The second-order valence-electron chi connectivity index (χ2n) is 5.65. The molecule has 0 aromatic heterocycles. The fourth-order valence-corrected chi connectivity index (χ4v) is 2.29. The largest absolute Gasteiger partial charge is 0.573 e. The molecule has 0 aliphatic heterocycles. The molecule has 0 spiro atoms. The number of amides is 1. The van der Waals surface area contributed by atoms with E-state index in [1.54, 1.807) is 0 Å². The van der Waals surface area contributed by atoms with Crippen molar-refractivity contribution in [1.82, 2.24) is 5.32 Å². The van der Waals surface area contributed by atoms with Gasteiger partial charge >= 0.3 is 18.0 Å². The van der Waals surface area contributed by atoms with Crippen LogP contribution in [0, 0.1) is 10.1 Å². The number of benzene rings is 2. The van der Waals surface area contributed by atoms with Crippen LogP contribution in [-0.2, 0) is 16.1 Å². The normalized spacial score (nSPS) is 10.8. The number of halogens is 3. The lowest BCUT2D eigenvalue weighted by Crippen LogP contribution is -2.29. The molecule has 0 aliphatic carbocycles. The van der Waals surface area contributed by atoms with E-state index in [1.165, 1.54) is 18.2 Å². The highest BCUT2D eigenvalue weighted by Crippen LogP contribution is 2.28. The Morgan fingerprint density at radius 2 is 1.83 bits per heavy atom. The van der Waals surface area contributed by atoms with Crippen molar-refractivity contribution in [3.05, 3.63) is 63.7 Å². The van der Waals surface area contributed by atoms with Gasteiger partial charge in [0.15, 0.2) is 12.4 Å². The molecule has 0 saturated heterocycles. The lowest BCUT2D eigenvalue weighted by atomic mass is 10.2. The van der Waals surface area contributed by atoms with Gasteiger partial charge in [-0.2, -0.15) is 0 Å². The first-order valence-electron chi connectivity index (χ1n) is 8.20. The van der Waals surface area contributed by atoms with Crippen molar-refractivity contribution >= 4 is 17.6 Å². The maximum absolute atomic E-state index is 12.4. The fraction of sp³-hybridized carbons (Fsp3) is 0.222. The number of nitrogens with one attached hydrogen (secondary N) is 1. The maximum Gasteiger partial charge on any atom is 0.573 e. The zero-order valence-corrected chi connectivity index (χ0v) is 15.4. The second-order valence-corrected chi connectivity index (χ2v) is 5.65. The van der Waals surface area contributed by atoms with Gasteiger partial charge in [-0.25, -0.2) is 4.79 Å². The number of rotatable bonds is 8. The maximum atomic E-state index is 12.4. The van der Waals surface area contributed by atoms with Gasteiger partial charge in [0, 0.05) is 24.2 Å². The van der Waals surface area contributed by atoms with E-state index in [-0.39, 0.29) is 23.4 Å². The number of hydrogen-bond acceptors (Lipinski definition) is 7. The molecule has 0 unspecified atom stereocenters. The predicted molar refractivity (Wildman–Crippen MR) is 94.9 cm³/mol. The molecule has 160 valence electrons. The summed E-state index contributed by atoms with van der Waals surface area (Å²) in [6.45, 7) is -0.994. The molecule has 0 heterocycles. The van der Waals surface area contributed by atoms with E-state index in [9.17, 15) is 32.9 Å². The lowest BCUT2D eigenvalue weighted by molar-refractivity contribution is -0.385. The van der Waals surface area contributed by atoms with Crippen LogP contribution < -0.4 is 14.8 Å². The summed E-state index contributed by atoms with van der Waals surface area (Å²) in [6.07, 6.45) is -4.90. The summed E-state index contributed by atoms with van der Waals surface area (Å²) in [5.74, 6) is -2.36. The Hall–Kier alpha value is -3.83. The number of carbonyl (C=O) groups is 2. The number of hydrogen-bond donors (Lipinski definition) is 1. The minimum atomic E-state index is -4.90. The van der Waals surface area contributed by atoms with Crippen molar-refractivity contribution < 1.29 is 41.9 Å². The van der Waals surface area contributed by atoms with Gasteiger partial charge in [-0.15, -0.1) is 13.2 Å². The molecule has 2 aromatic carbocycles. The molecule has 1 N–H and O–H groups in total. The number of carbonyl (C=O) groups excluding carboxylic acids is 2. The minimum absolute atomic E-state index is 0.0308. The van der Waals surface area contributed by atoms with Gasteiger partial charge in [-0.1, -0.05) is 18.2 Å². The average molecular weight is 428 g/mol. The first-order valence-corrected chi connectivity index (χ1v) is 8.20. The number of nitro benzene ring substituents is 1. The zero-order valence-electron chi connectivity index (χ0n) is 15.4. The van der Waals surface area contributed by atoms with Crippen molar-refractivity contribution in [2.75, 3.05) is 13.7 Å². The van der Waals surface area contributed by atoms with Gasteiger partial charge in [0.1, 0.15) is 5.75 Å². The van der Waals surface area contributed by atoms with Gasteiger partial charge in [0.25, 0.3) is 5.91 Å². The van der Waals surface area contributed by atoms with Crippen molar-refractivity contribution in [3.63, 3.8) is 0 Å². The van der Waals surface area contributed by atoms with Crippen molar-refractivity contribution in [2.24, 2.45) is 0 Å². The molecule has 0 atom stereocenters. The first kappa shape index (κ1) is 22.5. The van der Waals surface area contributed by atoms with Crippen LogP contribution in [0.1, 0.15) is 15.9 Å². The van der Waals surface area contributed by atoms with E-state index in [4.69, 9.17) is 4.74 Å². The Bertz CT molecular complexity index is 948. The summed E-state index contributed by atoms with van der Waals surface area (Å²) in [4.78, 5) is 33.9. The molecular weight excluding hydrogens is 413 g/mol. The van der Waals surface area contributed by atoms with Gasteiger partial charge in [0.2, 0.25) is 0 Å². The van der Waals surface area contributed by atoms with E-state index in [1.807, 2.05) is 0 Å². The fourth-order valence-electron chi connectivity index (χ4n) is 2.29. The number of ether oxygens (including phenoxy) is 3. The number of nitrogens with zero attached hydrogens (tertiary/aromatic N) is 1. The molecule has 0 radical (unpaired) electrons. The lowest BCUT2D eigenvalue weighted by Gasteiger charge is -2.14. The molecule has 2 rings (SSSR count). The average Bonchev–Trinajstić information content (AvgIpc) is 2.69. The summed E-state index contributed by atoms with van der Waals surface area (Å²) >= 11 is 0. The van der Waals surface area contributed by atoms with Crippen molar-refractivity contribution in [2.45, 2.75) is 12.9 Å². The Morgan fingerprint density at radius 3 is 2.47 bits per heavy atom. The standard InChI is InChI=1S/C18H15F3N2O7/c1-28-17(25)11-6-7-13(23(26)27)15(8-11)29-10-16(24)22-9-12-4-2-3-5-14(12)30-18(19,20)21/h2-8H,9-10H2,1H3,(H,22,24). The van der Waals surface area contributed by atoms with Crippen LogP contribution in [0.25, 0.3) is 0 Å². The molecule has 12 heteroatoms. The van der Waals surface area contributed by atoms with Crippen LogP contribution in [0.5, 0.6) is 11.5 Å². The Morgan fingerprint density at radius 1 is 1.13 bits per heavy atom. The molecule has 30 heavy (non-hydrogen) atoms. The number of para-hydroxylation sites is 1. The third-order valence-electron chi connectivity index (χ3n) is 3.61. The Balaban J connectivity index is 2.03. The molecule has 2 aromatic rings. The van der Waals surface area contributed by atoms with Gasteiger partial charge < -0.3 is 19.5 Å². The zero-order chi connectivity index (χ0) is 22.3. The highest BCUT2D eigenvalue weighted by molar-refractivity contribution is 5.90. The highest BCUT2D eigenvalue weighted by atomic mass is 19.4. The number of esters is 1. The van der Waals surface area contributed by atoms with E-state index >= 15 is 0 Å². The molecule has 0 saturated carbocycles. The summed E-state index contributed by atoms with van der Waals surface area (Å²) in [5, 5.41) is 13.4. The summed E-state index contributed by atoms with van der Waals surface area (Å²) in [7, 11) is 1.12. The molecule has 0 fully saturated rings. The predicted octanol–water partition coefficient (Wildman–Crippen LogP) is 2.98. The smallest absolute Gasteiger partial charge is 0.477 e. The summed E-state index contributed by atoms with van der Waals surface area (Å²) < 4.78 is 50.8. The van der Waals surface area contributed by atoms with E-state index in [2.05, 4.69) is 14.8 Å². The third kappa shape index (κ3) is 6.36. The van der Waals surface area contributed by atoms with Crippen LogP contribution in [0.3, 0.4) is 0 Å². The summed E-state index contributed by atoms with van der Waals surface area (Å²) in [5.41, 5.74) is -0.460. The van der Waals surface area contributed by atoms with Gasteiger partial charge in [-0.05, 0) is 12.1 Å².